The highest BCUT2D eigenvalue weighted by molar-refractivity contribution is 9.10. The molecular formula is C31H34BrN3O5S. The molecule has 216 valence electrons. The molecule has 0 spiro atoms. The van der Waals surface area contributed by atoms with Gasteiger partial charge in [0.05, 0.1) is 5.56 Å². The molecule has 0 aliphatic carbocycles. The van der Waals surface area contributed by atoms with Crippen molar-refractivity contribution in [2.75, 3.05) is 13.1 Å². The van der Waals surface area contributed by atoms with Crippen LogP contribution in [0.15, 0.2) is 88.2 Å². The summed E-state index contributed by atoms with van der Waals surface area (Å²) in [6, 6.07) is 22.4. The van der Waals surface area contributed by atoms with Crippen molar-refractivity contribution in [2.24, 2.45) is 0 Å². The SMILES string of the molecule is CCCCNC(=O)C(Cc1ccccc1)N(Cc1cccc(Br)c1)C(=O)CCCN1C(=O)c2ccccc2S1(=O)=O. The zero-order valence-electron chi connectivity index (χ0n) is 23.0. The van der Waals surface area contributed by atoms with E-state index in [9.17, 15) is 22.8 Å². The van der Waals surface area contributed by atoms with E-state index in [0.717, 1.165) is 32.7 Å². The Bertz CT molecular complexity index is 1500. The fourth-order valence-corrected chi connectivity index (χ4v) is 6.92. The lowest BCUT2D eigenvalue weighted by molar-refractivity contribution is -0.141. The number of carbonyl (C=O) groups excluding carboxylic acids is 3. The zero-order valence-corrected chi connectivity index (χ0v) is 25.4. The van der Waals surface area contributed by atoms with Crippen LogP contribution < -0.4 is 5.32 Å². The van der Waals surface area contributed by atoms with Crippen molar-refractivity contribution in [3.8, 4) is 0 Å². The van der Waals surface area contributed by atoms with Crippen molar-refractivity contribution in [3.05, 3.63) is 100 Å². The van der Waals surface area contributed by atoms with E-state index in [1.165, 1.54) is 12.1 Å². The lowest BCUT2D eigenvalue weighted by atomic mass is 10.0. The van der Waals surface area contributed by atoms with Crippen molar-refractivity contribution >= 4 is 43.7 Å². The molecule has 8 nitrogen and oxygen atoms in total. The number of rotatable bonds is 13. The standard InChI is InChI=1S/C31H34BrN3O5S/c1-2-3-18-33-30(37)27(21-23-11-5-4-6-12-23)34(22-24-13-9-14-25(32)20-24)29(36)17-10-19-35-31(38)26-15-7-8-16-28(26)41(35,39)40/h4-9,11-16,20,27H,2-3,10,17-19,21-22H2,1H3,(H,33,37). The minimum absolute atomic E-state index is 0.0146. The molecule has 1 heterocycles. The van der Waals surface area contributed by atoms with Gasteiger partial charge in [-0.05, 0) is 48.2 Å². The summed E-state index contributed by atoms with van der Waals surface area (Å²) in [5, 5.41) is 2.99. The molecule has 10 heteroatoms. The Balaban J connectivity index is 1.56. The molecule has 1 N–H and O–H groups in total. The summed E-state index contributed by atoms with van der Waals surface area (Å²) >= 11 is 3.48. The number of nitrogens with one attached hydrogen (secondary N) is 1. The number of sulfonamides is 1. The van der Waals surface area contributed by atoms with E-state index in [1.54, 1.807) is 17.0 Å². The first-order valence-electron chi connectivity index (χ1n) is 13.7. The Morgan fingerprint density at radius 3 is 2.37 bits per heavy atom. The van der Waals surface area contributed by atoms with Crippen LogP contribution >= 0.6 is 15.9 Å². The second-order valence-corrected chi connectivity index (χ2v) is 12.7. The fourth-order valence-electron chi connectivity index (χ4n) is 4.86. The second kappa shape index (κ2) is 13.9. The summed E-state index contributed by atoms with van der Waals surface area (Å²) < 4.78 is 27.6. The van der Waals surface area contributed by atoms with Crippen molar-refractivity contribution in [1.82, 2.24) is 14.5 Å². The molecule has 41 heavy (non-hydrogen) atoms. The van der Waals surface area contributed by atoms with Gasteiger partial charge in [0.15, 0.2) is 0 Å². The summed E-state index contributed by atoms with van der Waals surface area (Å²) in [6.45, 7) is 2.62. The number of benzene rings is 3. The minimum Gasteiger partial charge on any atom is -0.354 e. The van der Waals surface area contributed by atoms with Crippen LogP contribution in [0.2, 0.25) is 0 Å². The summed E-state index contributed by atoms with van der Waals surface area (Å²) in [5.74, 6) is -1.12. The first kappa shape index (κ1) is 30.5. The lowest BCUT2D eigenvalue weighted by Crippen LogP contribution is -2.50. The van der Waals surface area contributed by atoms with Crippen LogP contribution in [0.25, 0.3) is 0 Å². The zero-order chi connectivity index (χ0) is 29.4. The molecule has 4 rings (SSSR count). The van der Waals surface area contributed by atoms with Gasteiger partial charge in [-0.25, -0.2) is 12.7 Å². The van der Waals surface area contributed by atoms with Crippen LogP contribution in [0.1, 0.15) is 54.1 Å². The highest BCUT2D eigenvalue weighted by Gasteiger charge is 2.40. The van der Waals surface area contributed by atoms with Crippen LogP contribution in [0.3, 0.4) is 0 Å². The molecule has 1 unspecified atom stereocenters. The van der Waals surface area contributed by atoms with Crippen molar-refractivity contribution in [1.29, 1.82) is 0 Å². The Labute approximate surface area is 249 Å². The maximum Gasteiger partial charge on any atom is 0.269 e. The van der Waals surface area contributed by atoms with Gasteiger partial charge in [-0.3, -0.25) is 14.4 Å². The molecule has 1 atom stereocenters. The van der Waals surface area contributed by atoms with Gasteiger partial charge in [0.2, 0.25) is 11.8 Å². The van der Waals surface area contributed by atoms with Crippen LogP contribution in [0.4, 0.5) is 0 Å². The number of nitrogens with zero attached hydrogens (tertiary/aromatic N) is 2. The van der Waals surface area contributed by atoms with Gasteiger partial charge in [-0.1, -0.05) is 83.9 Å². The molecule has 0 radical (unpaired) electrons. The second-order valence-electron chi connectivity index (χ2n) is 9.98. The quantitative estimate of drug-likeness (QED) is 0.267. The molecule has 0 aromatic heterocycles. The van der Waals surface area contributed by atoms with E-state index >= 15 is 0 Å². The molecule has 1 aliphatic rings. The van der Waals surface area contributed by atoms with Crippen molar-refractivity contribution in [3.63, 3.8) is 0 Å². The number of amides is 3. The highest BCUT2D eigenvalue weighted by atomic mass is 79.9. The Morgan fingerprint density at radius 1 is 0.951 bits per heavy atom. The van der Waals surface area contributed by atoms with E-state index < -0.39 is 22.0 Å². The van der Waals surface area contributed by atoms with Crippen molar-refractivity contribution in [2.45, 2.75) is 56.5 Å². The predicted molar refractivity (Wildman–Crippen MR) is 160 cm³/mol. The van der Waals surface area contributed by atoms with Gasteiger partial charge in [0.1, 0.15) is 10.9 Å². The van der Waals surface area contributed by atoms with Crippen LogP contribution in [-0.4, -0.2) is 54.5 Å². The van der Waals surface area contributed by atoms with Crippen molar-refractivity contribution < 1.29 is 22.8 Å². The smallest absolute Gasteiger partial charge is 0.269 e. The van der Waals surface area contributed by atoms with Gasteiger partial charge in [0.25, 0.3) is 15.9 Å². The minimum atomic E-state index is -3.96. The number of fused-ring (bicyclic) bond motifs is 1. The number of carbonyl (C=O) groups is 3. The van der Waals surface area contributed by atoms with Crippen LogP contribution in [-0.2, 0) is 32.6 Å². The summed E-state index contributed by atoms with van der Waals surface area (Å²) in [7, 11) is -3.96. The topological polar surface area (TPSA) is 104 Å². The summed E-state index contributed by atoms with van der Waals surface area (Å²) in [5.41, 5.74) is 1.91. The van der Waals surface area contributed by atoms with E-state index in [2.05, 4.69) is 21.2 Å². The average Bonchev–Trinajstić information content (AvgIpc) is 3.16. The Kier molecular flexibility index (Phi) is 10.3. The van der Waals surface area contributed by atoms with E-state index in [1.807, 2.05) is 61.5 Å². The van der Waals surface area contributed by atoms with E-state index in [4.69, 9.17) is 0 Å². The normalized spacial score (nSPS) is 14.4. The molecule has 0 saturated carbocycles. The highest BCUT2D eigenvalue weighted by Crippen LogP contribution is 2.30. The molecule has 3 aromatic rings. The predicted octanol–water partition coefficient (Wildman–Crippen LogP) is 4.93. The molecular weight excluding hydrogens is 606 g/mol. The first-order chi connectivity index (χ1) is 19.7. The number of hydrogen-bond acceptors (Lipinski definition) is 5. The van der Waals surface area contributed by atoms with E-state index in [0.29, 0.717) is 13.0 Å². The maximum absolute atomic E-state index is 13.8. The third-order valence-corrected chi connectivity index (χ3v) is 9.34. The van der Waals surface area contributed by atoms with Crippen LogP contribution in [0, 0.1) is 0 Å². The first-order valence-corrected chi connectivity index (χ1v) is 16.0. The summed E-state index contributed by atoms with van der Waals surface area (Å²) in [6.07, 6.45) is 2.17. The molecule has 0 saturated heterocycles. The maximum atomic E-state index is 13.8. The average molecular weight is 641 g/mol. The largest absolute Gasteiger partial charge is 0.354 e. The van der Waals surface area contributed by atoms with Gasteiger partial charge >= 0.3 is 0 Å². The van der Waals surface area contributed by atoms with Crippen LogP contribution in [0.5, 0.6) is 0 Å². The monoisotopic (exact) mass is 639 g/mol. The fraction of sp³-hybridized carbons (Fsp3) is 0.323. The van der Waals surface area contributed by atoms with E-state index in [-0.39, 0.29) is 48.2 Å². The summed E-state index contributed by atoms with van der Waals surface area (Å²) in [4.78, 5) is 41.7. The third kappa shape index (κ3) is 7.42. The molecule has 1 aliphatic heterocycles. The molecule has 3 amide bonds. The molecule has 3 aromatic carbocycles. The van der Waals surface area contributed by atoms with Gasteiger partial charge < -0.3 is 10.2 Å². The van der Waals surface area contributed by atoms with Gasteiger partial charge in [0, 0.05) is 36.9 Å². The Hall–Kier alpha value is -3.50. The lowest BCUT2D eigenvalue weighted by Gasteiger charge is -2.32. The Morgan fingerprint density at radius 2 is 1.66 bits per heavy atom. The van der Waals surface area contributed by atoms with Gasteiger partial charge in [-0.2, -0.15) is 0 Å². The number of halogens is 1. The number of hydrogen-bond donors (Lipinski definition) is 1. The molecule has 0 fully saturated rings. The van der Waals surface area contributed by atoms with Gasteiger partial charge in [-0.15, -0.1) is 0 Å². The molecule has 0 bridgehead atoms. The third-order valence-electron chi connectivity index (χ3n) is 7.01. The number of unbranched alkanes of at least 4 members (excludes halogenated alkanes) is 1.